The molecule has 0 spiro atoms. The highest BCUT2D eigenvalue weighted by Gasteiger charge is 2.54. The molecule has 0 saturated heterocycles. The second-order valence-corrected chi connectivity index (χ2v) is 15.2. The van der Waals surface area contributed by atoms with Gasteiger partial charge in [-0.3, -0.25) is 0 Å². The molecule has 57 heavy (non-hydrogen) atoms. The van der Waals surface area contributed by atoms with Crippen LogP contribution < -0.4 is 4.90 Å². The summed E-state index contributed by atoms with van der Waals surface area (Å²) in [4.78, 5) is 2.61. The van der Waals surface area contributed by atoms with Gasteiger partial charge in [-0.2, -0.15) is 0 Å². The van der Waals surface area contributed by atoms with Gasteiger partial charge >= 0.3 is 0 Å². The Hall–Kier alpha value is -7.22. The molecule has 2 aliphatic heterocycles. The lowest BCUT2D eigenvalue weighted by atomic mass is 9.57. The van der Waals surface area contributed by atoms with Crippen molar-refractivity contribution in [3.63, 3.8) is 0 Å². The predicted octanol–water partition coefficient (Wildman–Crippen LogP) is 13.9. The van der Waals surface area contributed by atoms with Crippen LogP contribution in [0.5, 0.6) is 0 Å². The highest BCUT2D eigenvalue weighted by atomic mass is 15.2. The molecule has 2 aliphatic rings. The van der Waals surface area contributed by atoms with Crippen LogP contribution in [0.4, 0.5) is 17.1 Å². The number of anilines is 3. The second-order valence-electron chi connectivity index (χ2n) is 15.2. The van der Waals surface area contributed by atoms with Crippen molar-refractivity contribution in [1.82, 2.24) is 0 Å². The third kappa shape index (κ3) is 4.82. The van der Waals surface area contributed by atoms with Gasteiger partial charge in [0, 0.05) is 0 Å². The van der Waals surface area contributed by atoms with E-state index in [1.165, 1.54) is 83.8 Å². The van der Waals surface area contributed by atoms with Crippen LogP contribution in [0.2, 0.25) is 0 Å². The van der Waals surface area contributed by atoms with E-state index in [0.29, 0.717) is 0 Å². The fraction of sp³-hybridized carbons (Fsp3) is 0.0357. The third-order valence-corrected chi connectivity index (χ3v) is 12.4. The molecule has 1 heteroatoms. The maximum Gasteiger partial charge on any atom is 0.0742 e. The monoisotopic (exact) mass is 725 g/mol. The molecule has 0 bridgehead atoms. The standard InChI is InChI=1S/C56H39N/c1-7-20-40(21-8-1)42-34-36-48-52(38-42)57-53-39-43(41-22-9-2-10-23-41)35-37-49(53)56(46-28-15-5-16-29-46,47-30-17-6-18-31-47)51-33-19-32-50(54(51)57)55(48,44-24-11-3-12-25-44)45-26-13-4-14-27-45/h1-39H. The van der Waals surface area contributed by atoms with E-state index in [2.05, 4.69) is 241 Å². The third-order valence-electron chi connectivity index (χ3n) is 12.4. The number of hydrogen-bond acceptors (Lipinski definition) is 1. The number of fused-ring (bicyclic) bond motifs is 4. The lowest BCUT2D eigenvalue weighted by Crippen LogP contribution is -2.44. The summed E-state index contributed by atoms with van der Waals surface area (Å²) in [5.74, 6) is 0. The van der Waals surface area contributed by atoms with Gasteiger partial charge in [-0.15, -0.1) is 0 Å². The maximum atomic E-state index is 2.61. The molecule has 2 heterocycles. The van der Waals surface area contributed by atoms with Crippen molar-refractivity contribution in [3.05, 3.63) is 281 Å². The van der Waals surface area contributed by atoms with E-state index < -0.39 is 10.8 Å². The molecule has 268 valence electrons. The molecule has 0 aromatic heterocycles. The molecular weight excluding hydrogens is 687 g/mol. The quantitative estimate of drug-likeness (QED) is 0.165. The summed E-state index contributed by atoms with van der Waals surface area (Å²) in [6.45, 7) is 0. The van der Waals surface area contributed by atoms with Crippen molar-refractivity contribution < 1.29 is 0 Å². The first-order chi connectivity index (χ1) is 28.3. The summed E-state index contributed by atoms with van der Waals surface area (Å²) in [7, 11) is 0. The number of nitrogens with zero attached hydrogens (tertiary/aromatic N) is 1. The van der Waals surface area contributed by atoms with Crippen molar-refractivity contribution in [2.75, 3.05) is 4.90 Å². The average molecular weight is 726 g/mol. The normalized spacial score (nSPS) is 14.2. The summed E-state index contributed by atoms with van der Waals surface area (Å²) in [6.07, 6.45) is 0. The van der Waals surface area contributed by atoms with E-state index in [0.717, 1.165) is 0 Å². The minimum Gasteiger partial charge on any atom is -0.309 e. The summed E-state index contributed by atoms with van der Waals surface area (Å²) >= 11 is 0. The smallest absolute Gasteiger partial charge is 0.0742 e. The molecule has 0 saturated carbocycles. The Morgan fingerprint density at radius 1 is 0.246 bits per heavy atom. The van der Waals surface area contributed by atoms with Crippen LogP contribution in [0, 0.1) is 0 Å². The highest BCUT2D eigenvalue weighted by Crippen LogP contribution is 2.66. The van der Waals surface area contributed by atoms with Crippen LogP contribution >= 0.6 is 0 Å². The van der Waals surface area contributed by atoms with Crippen LogP contribution in [0.3, 0.4) is 0 Å². The Morgan fingerprint density at radius 2 is 0.561 bits per heavy atom. The fourth-order valence-corrected chi connectivity index (χ4v) is 10.1. The number of para-hydroxylation sites is 1. The van der Waals surface area contributed by atoms with Crippen LogP contribution in [-0.2, 0) is 10.8 Å². The minimum atomic E-state index is -0.622. The van der Waals surface area contributed by atoms with Gasteiger partial charge in [-0.05, 0) is 78.9 Å². The Kier molecular flexibility index (Phi) is 7.69. The topological polar surface area (TPSA) is 3.24 Å². The highest BCUT2D eigenvalue weighted by molar-refractivity contribution is 5.99. The zero-order valence-electron chi connectivity index (χ0n) is 31.5. The van der Waals surface area contributed by atoms with E-state index in [9.17, 15) is 0 Å². The Labute approximate surface area is 334 Å². The van der Waals surface area contributed by atoms with Gasteiger partial charge in [0.15, 0.2) is 0 Å². The molecule has 11 rings (SSSR count). The Morgan fingerprint density at radius 3 is 0.895 bits per heavy atom. The molecule has 0 fully saturated rings. The lowest BCUT2D eigenvalue weighted by molar-refractivity contribution is 0.690. The molecule has 9 aromatic rings. The van der Waals surface area contributed by atoms with Gasteiger partial charge < -0.3 is 4.90 Å². The first-order valence-electron chi connectivity index (χ1n) is 19.9. The van der Waals surface area contributed by atoms with E-state index in [1.54, 1.807) is 0 Å². The summed E-state index contributed by atoms with van der Waals surface area (Å²) in [5.41, 5.74) is 17.1. The van der Waals surface area contributed by atoms with Crippen molar-refractivity contribution in [2.45, 2.75) is 10.8 Å². The molecule has 0 N–H and O–H groups in total. The van der Waals surface area contributed by atoms with Crippen molar-refractivity contribution >= 4 is 17.1 Å². The summed E-state index contributed by atoms with van der Waals surface area (Å²) in [6, 6.07) is 87.7. The molecule has 0 aliphatic carbocycles. The zero-order chi connectivity index (χ0) is 37.8. The lowest BCUT2D eigenvalue weighted by Gasteiger charge is -2.53. The number of rotatable bonds is 6. The van der Waals surface area contributed by atoms with Gasteiger partial charge in [0.1, 0.15) is 0 Å². The van der Waals surface area contributed by atoms with Gasteiger partial charge in [-0.25, -0.2) is 0 Å². The molecule has 9 aromatic carbocycles. The van der Waals surface area contributed by atoms with Crippen LogP contribution in [-0.4, -0.2) is 0 Å². The largest absolute Gasteiger partial charge is 0.309 e. The molecule has 0 radical (unpaired) electrons. The SMILES string of the molecule is c1ccc(-c2ccc3c(c2)N2c4cc(-c5ccccc5)ccc4C(c4ccccc4)(c4ccccc4)c4cccc(c42)C3(c2ccccc2)c2ccccc2)cc1. The van der Waals surface area contributed by atoms with Gasteiger partial charge in [0.05, 0.1) is 27.9 Å². The maximum absolute atomic E-state index is 2.61. The summed E-state index contributed by atoms with van der Waals surface area (Å²) in [5, 5.41) is 0. The van der Waals surface area contributed by atoms with Crippen LogP contribution in [0.15, 0.2) is 237 Å². The molecule has 1 nitrogen and oxygen atoms in total. The fourth-order valence-electron chi connectivity index (χ4n) is 10.1. The van der Waals surface area contributed by atoms with Gasteiger partial charge in [-0.1, -0.05) is 224 Å². The van der Waals surface area contributed by atoms with Crippen molar-refractivity contribution in [3.8, 4) is 22.3 Å². The van der Waals surface area contributed by atoms with Crippen LogP contribution in [0.1, 0.15) is 44.5 Å². The van der Waals surface area contributed by atoms with Crippen LogP contribution in [0.25, 0.3) is 22.3 Å². The van der Waals surface area contributed by atoms with E-state index >= 15 is 0 Å². The van der Waals surface area contributed by atoms with E-state index in [4.69, 9.17) is 0 Å². The average Bonchev–Trinajstić information content (AvgIpc) is 3.30. The zero-order valence-corrected chi connectivity index (χ0v) is 31.5. The second kappa shape index (κ2) is 13.2. The Bertz CT molecular complexity index is 2590. The number of hydrogen-bond donors (Lipinski definition) is 0. The minimum absolute atomic E-state index is 0.622. The van der Waals surface area contributed by atoms with Gasteiger partial charge in [0.2, 0.25) is 0 Å². The first kappa shape index (κ1) is 33.1. The predicted molar refractivity (Wildman–Crippen MR) is 236 cm³/mol. The first-order valence-corrected chi connectivity index (χ1v) is 19.9. The summed E-state index contributed by atoms with van der Waals surface area (Å²) < 4.78 is 0. The van der Waals surface area contributed by atoms with E-state index in [1.807, 2.05) is 0 Å². The molecule has 0 atom stereocenters. The van der Waals surface area contributed by atoms with Crippen molar-refractivity contribution in [1.29, 1.82) is 0 Å². The molecular formula is C56H39N. The van der Waals surface area contributed by atoms with Gasteiger partial charge in [0.25, 0.3) is 0 Å². The van der Waals surface area contributed by atoms with Crippen molar-refractivity contribution in [2.24, 2.45) is 0 Å². The molecule has 0 amide bonds. The number of benzene rings is 9. The Balaban J connectivity index is 1.36. The van der Waals surface area contributed by atoms with E-state index in [-0.39, 0.29) is 0 Å². The molecule has 0 unspecified atom stereocenters.